The number of phenolic OH excluding ortho intramolecular Hbond substituents is 2. The number of ether oxygens (including phenoxy) is 1. The second-order valence-corrected chi connectivity index (χ2v) is 8.97. The van der Waals surface area contributed by atoms with Crippen molar-refractivity contribution >= 4 is 51.2 Å². The molecule has 0 radical (unpaired) electrons. The minimum atomic E-state index is -0.153. The van der Waals surface area contributed by atoms with Gasteiger partial charge in [-0.3, -0.25) is 4.79 Å². The van der Waals surface area contributed by atoms with Gasteiger partial charge in [-0.15, -0.1) is 0 Å². The number of rotatable bonds is 3. The maximum Gasteiger partial charge on any atom is 0.314 e. The quantitative estimate of drug-likeness (QED) is 0.145. The van der Waals surface area contributed by atoms with Gasteiger partial charge >= 0.3 is 5.97 Å². The summed E-state index contributed by atoms with van der Waals surface area (Å²) in [5, 5.41) is 19.8. The zero-order valence-electron chi connectivity index (χ0n) is 22.1. The summed E-state index contributed by atoms with van der Waals surface area (Å²) in [4.78, 5) is 14.2. The van der Waals surface area contributed by atoms with E-state index in [1.54, 1.807) is 43.3 Å². The first-order valence-corrected chi connectivity index (χ1v) is 15.6. The van der Waals surface area contributed by atoms with Gasteiger partial charge in [-0.2, -0.15) is 0 Å². The number of halogens is 2. The maximum atomic E-state index is 12.3. The van der Waals surface area contributed by atoms with Crippen LogP contribution >= 0.6 is 45.2 Å². The third kappa shape index (κ3) is 12.1. The van der Waals surface area contributed by atoms with Gasteiger partial charge in [-0.05, 0) is 67.4 Å². The smallest absolute Gasteiger partial charge is 0.314 e. The van der Waals surface area contributed by atoms with Gasteiger partial charge in [-0.1, -0.05) is 105 Å². The van der Waals surface area contributed by atoms with Crippen molar-refractivity contribution in [1.82, 2.24) is 0 Å². The van der Waals surface area contributed by atoms with Gasteiger partial charge < -0.3 is 14.9 Å². The molecule has 2 aromatic rings. The van der Waals surface area contributed by atoms with Crippen LogP contribution in [0.4, 0.5) is 0 Å². The van der Waals surface area contributed by atoms with Crippen molar-refractivity contribution in [2.75, 3.05) is 4.93 Å². The summed E-state index contributed by atoms with van der Waals surface area (Å²) in [6.45, 7) is 13.9. The summed E-state index contributed by atoms with van der Waals surface area (Å²) in [7, 11) is 0. The van der Waals surface area contributed by atoms with Gasteiger partial charge in [0.25, 0.3) is 0 Å². The van der Waals surface area contributed by atoms with Crippen LogP contribution in [-0.2, 0) is 4.79 Å². The van der Waals surface area contributed by atoms with E-state index in [4.69, 9.17) is 4.74 Å². The van der Waals surface area contributed by atoms with Crippen LogP contribution in [0.15, 0.2) is 36.4 Å². The number of aromatic hydroxyl groups is 2. The molecule has 1 aliphatic rings. The first-order valence-electron chi connectivity index (χ1n) is 12.2. The molecule has 3 rings (SSSR count). The number of carbonyl (C=O) groups excluding carboxylic acids is 1. The lowest BCUT2D eigenvalue weighted by molar-refractivity contribution is -0.139. The lowest BCUT2D eigenvalue weighted by atomic mass is 9.89. The van der Waals surface area contributed by atoms with E-state index >= 15 is 0 Å². The Morgan fingerprint density at radius 1 is 0.912 bits per heavy atom. The highest BCUT2D eigenvalue weighted by Crippen LogP contribution is 2.37. The number of hydrogen-bond donors (Lipinski definition) is 2. The van der Waals surface area contributed by atoms with E-state index < -0.39 is 0 Å². The molecule has 2 aromatic carbocycles. The molecule has 194 valence electrons. The molecule has 4 nitrogen and oxygen atoms in total. The maximum absolute atomic E-state index is 12.3. The van der Waals surface area contributed by atoms with Crippen LogP contribution in [0.25, 0.3) is 11.1 Å². The molecule has 1 fully saturated rings. The Labute approximate surface area is 235 Å². The number of alkyl halides is 2. The fourth-order valence-corrected chi connectivity index (χ4v) is 3.83. The van der Waals surface area contributed by atoms with Crippen molar-refractivity contribution in [3.05, 3.63) is 42.0 Å². The molecule has 1 saturated carbocycles. The van der Waals surface area contributed by atoms with Gasteiger partial charge in [-0.25, -0.2) is 0 Å². The molecule has 1 aliphatic carbocycles. The van der Waals surface area contributed by atoms with Gasteiger partial charge in [0, 0.05) is 15.1 Å². The molecule has 0 saturated heterocycles. The van der Waals surface area contributed by atoms with Crippen molar-refractivity contribution in [3.63, 3.8) is 0 Å². The third-order valence-corrected chi connectivity index (χ3v) is 6.02. The fourth-order valence-electron chi connectivity index (χ4n) is 3.11. The van der Waals surface area contributed by atoms with Crippen LogP contribution in [0, 0.1) is 12.8 Å². The van der Waals surface area contributed by atoms with Gasteiger partial charge in [0.15, 0.2) is 0 Å². The Kier molecular flexibility index (Phi) is 22.0. The molecule has 0 aromatic heterocycles. The van der Waals surface area contributed by atoms with Gasteiger partial charge in [0.2, 0.25) is 0 Å². The molecule has 0 spiro atoms. The summed E-state index contributed by atoms with van der Waals surface area (Å²) < 4.78 is 6.18. The summed E-state index contributed by atoms with van der Waals surface area (Å²) in [5.74, 6) is 0.475. The first-order chi connectivity index (χ1) is 16.4. The SMILES string of the molecule is CC.CC.CCC.CI.Cc1c(O)ccc(-c2ccc(OC(=O)C3CCC(I)CC3)cc2)c1O. The Morgan fingerprint density at radius 3 is 1.85 bits per heavy atom. The minimum absolute atomic E-state index is 0.00511. The summed E-state index contributed by atoms with van der Waals surface area (Å²) in [6.07, 6.45) is 5.17. The lowest BCUT2D eigenvalue weighted by Gasteiger charge is -2.23. The highest BCUT2D eigenvalue weighted by molar-refractivity contribution is 14.1. The molecule has 0 aliphatic heterocycles. The molecule has 0 amide bonds. The molecule has 0 bridgehead atoms. The summed E-state index contributed by atoms with van der Waals surface area (Å²) in [6, 6.07) is 10.3. The number of carbonyl (C=O) groups is 1. The van der Waals surface area contributed by atoms with Crippen molar-refractivity contribution in [3.8, 4) is 28.4 Å². The first kappa shape index (κ1) is 35.1. The molecule has 0 unspecified atom stereocenters. The fraction of sp³-hybridized carbons (Fsp3) is 0.536. The second kappa shape index (κ2) is 21.3. The van der Waals surface area contributed by atoms with E-state index in [-0.39, 0.29) is 23.4 Å². The monoisotopic (exact) mass is 698 g/mol. The van der Waals surface area contributed by atoms with Crippen molar-refractivity contribution < 1.29 is 19.7 Å². The normalized spacial score (nSPS) is 15.9. The average Bonchev–Trinajstić information content (AvgIpc) is 2.88. The number of benzene rings is 2. The Bertz CT molecular complexity index is 784. The van der Waals surface area contributed by atoms with E-state index in [0.29, 0.717) is 20.8 Å². The van der Waals surface area contributed by atoms with E-state index in [2.05, 4.69) is 59.0 Å². The predicted octanol–water partition coefficient (Wildman–Crippen LogP) is 9.49. The molecule has 0 atom stereocenters. The second-order valence-electron chi connectivity index (χ2n) is 7.21. The van der Waals surface area contributed by atoms with E-state index in [1.807, 2.05) is 32.6 Å². The van der Waals surface area contributed by atoms with Crippen molar-refractivity contribution in [2.45, 2.75) is 84.5 Å². The summed E-state index contributed by atoms with van der Waals surface area (Å²) >= 11 is 4.59. The molecule has 0 heterocycles. The highest BCUT2D eigenvalue weighted by atomic mass is 127. The van der Waals surface area contributed by atoms with Crippen LogP contribution in [-0.4, -0.2) is 25.0 Å². The van der Waals surface area contributed by atoms with E-state index in [1.165, 1.54) is 6.42 Å². The van der Waals surface area contributed by atoms with Crippen LogP contribution in [0.1, 0.15) is 79.2 Å². The Hall–Kier alpha value is -1.03. The Balaban J connectivity index is 0. The number of phenols is 2. The summed E-state index contributed by atoms with van der Waals surface area (Å²) in [5.41, 5.74) is 1.87. The lowest BCUT2D eigenvalue weighted by Crippen LogP contribution is -2.25. The third-order valence-electron chi connectivity index (χ3n) is 4.78. The minimum Gasteiger partial charge on any atom is -0.508 e. The molecule has 6 heteroatoms. The van der Waals surface area contributed by atoms with Crippen LogP contribution in [0.2, 0.25) is 0 Å². The Morgan fingerprint density at radius 2 is 1.38 bits per heavy atom. The molecule has 34 heavy (non-hydrogen) atoms. The standard InChI is InChI=1S/C20H21IO4.C3H8.2C2H6.CH3I/c1-12-18(22)11-10-17(19(12)23)13-4-8-16(9-5-13)25-20(24)14-2-6-15(21)7-3-14;1-3-2;3*1-2/h4-5,8-11,14-15,22-23H,2-3,6-7H2,1H3;3H2,1-2H3;2*1-2H3;1H3. The number of esters is 1. The van der Waals surface area contributed by atoms with Gasteiger partial charge in [0.1, 0.15) is 17.2 Å². The average molecular weight is 698 g/mol. The van der Waals surface area contributed by atoms with Crippen LogP contribution in [0.5, 0.6) is 17.2 Å². The van der Waals surface area contributed by atoms with E-state index in [9.17, 15) is 15.0 Å². The number of hydrogen-bond acceptors (Lipinski definition) is 4. The predicted molar refractivity (Wildman–Crippen MR) is 164 cm³/mol. The topological polar surface area (TPSA) is 66.8 Å². The van der Waals surface area contributed by atoms with Crippen LogP contribution < -0.4 is 4.74 Å². The molecular formula is C28H44I2O4. The highest BCUT2D eigenvalue weighted by Gasteiger charge is 2.26. The van der Waals surface area contributed by atoms with Gasteiger partial charge in [0.05, 0.1) is 5.92 Å². The van der Waals surface area contributed by atoms with Crippen LogP contribution in [0.3, 0.4) is 0 Å². The zero-order chi connectivity index (χ0) is 26.7. The molecular weight excluding hydrogens is 654 g/mol. The largest absolute Gasteiger partial charge is 0.508 e. The molecule has 2 N–H and O–H groups in total. The zero-order valence-corrected chi connectivity index (χ0v) is 26.4. The van der Waals surface area contributed by atoms with Crippen molar-refractivity contribution in [2.24, 2.45) is 5.92 Å². The van der Waals surface area contributed by atoms with Crippen molar-refractivity contribution in [1.29, 1.82) is 0 Å². The van der Waals surface area contributed by atoms with E-state index in [0.717, 1.165) is 31.2 Å².